The Morgan fingerprint density at radius 3 is 2.25 bits per heavy atom. The van der Waals surface area contributed by atoms with Crippen LogP contribution in [0.15, 0.2) is 48.5 Å². The maximum absolute atomic E-state index is 3.12. The average molecular weight is 206 g/mol. The normalized spacial score (nSPS) is 9.38. The van der Waals surface area contributed by atoms with E-state index in [1.807, 2.05) is 19.9 Å². The Balaban J connectivity index is 0.000000457. The molecule has 0 atom stereocenters. The molecule has 0 nitrogen and oxygen atoms in total. The van der Waals surface area contributed by atoms with Gasteiger partial charge < -0.3 is 0 Å². The van der Waals surface area contributed by atoms with Crippen molar-refractivity contribution in [2.45, 2.75) is 13.8 Å². The second-order valence-corrected chi connectivity index (χ2v) is 3.39. The molecule has 0 aromatic heterocycles. The molecule has 0 bridgehead atoms. The molecule has 16 heavy (non-hydrogen) atoms. The molecule has 0 radical (unpaired) electrons. The molecule has 0 aliphatic heterocycles. The quantitative estimate of drug-likeness (QED) is 0.503. The van der Waals surface area contributed by atoms with E-state index in [4.69, 9.17) is 0 Å². The molecule has 0 amide bonds. The van der Waals surface area contributed by atoms with Gasteiger partial charge in [-0.25, -0.2) is 0 Å². The van der Waals surface area contributed by atoms with E-state index in [-0.39, 0.29) is 0 Å². The minimum atomic E-state index is 1.13. The van der Waals surface area contributed by atoms with E-state index in [0.717, 1.165) is 5.39 Å². The lowest BCUT2D eigenvalue weighted by Gasteiger charge is -1.98. The van der Waals surface area contributed by atoms with E-state index in [2.05, 4.69) is 54.6 Å². The van der Waals surface area contributed by atoms with Crippen molar-refractivity contribution in [1.29, 1.82) is 0 Å². The highest BCUT2D eigenvalue weighted by Gasteiger charge is 1.94. The van der Waals surface area contributed by atoms with Gasteiger partial charge in [0.25, 0.3) is 0 Å². The second kappa shape index (κ2) is 4.68. The van der Waals surface area contributed by atoms with Crippen molar-refractivity contribution >= 4 is 21.5 Å². The lowest BCUT2D eigenvalue weighted by molar-refractivity contribution is 1.50. The molecular weight excluding hydrogens is 192 g/mol. The maximum Gasteiger partial charge on any atom is 0.0327 e. The standard InChI is InChI=1S/C14H8.C2H6/c1-2-6-12-10-14-8-4-3-7-13(14)9-11(12)5-1;1-2/h1-3,5-7,9-10H;1-2H3. The van der Waals surface area contributed by atoms with Gasteiger partial charge in [0.05, 0.1) is 0 Å². The van der Waals surface area contributed by atoms with Crippen LogP contribution in [-0.2, 0) is 0 Å². The largest absolute Gasteiger partial charge is 0.0696 e. The summed E-state index contributed by atoms with van der Waals surface area (Å²) in [6.07, 6.45) is 0. The first-order chi connectivity index (χ1) is 7.93. The summed E-state index contributed by atoms with van der Waals surface area (Å²) < 4.78 is 0. The fraction of sp³-hybridized carbons (Fsp3) is 0.125. The smallest absolute Gasteiger partial charge is 0.0327 e. The van der Waals surface area contributed by atoms with E-state index >= 15 is 0 Å². The predicted octanol–water partition coefficient (Wildman–Crippen LogP) is 4.62. The maximum atomic E-state index is 3.12. The SMILES string of the molecule is CC.c1ccc2cc3ccccc3cc2c#1. The van der Waals surface area contributed by atoms with Crippen LogP contribution in [0.25, 0.3) is 21.5 Å². The number of hydrogen-bond acceptors (Lipinski definition) is 0. The summed E-state index contributed by atoms with van der Waals surface area (Å²) in [5.41, 5.74) is 0. The first-order valence-corrected chi connectivity index (χ1v) is 5.64. The number of fused-ring (bicyclic) bond motifs is 2. The van der Waals surface area contributed by atoms with Crippen LogP contribution >= 0.6 is 0 Å². The monoisotopic (exact) mass is 206 g/mol. The molecule has 0 spiro atoms. The number of benzene rings is 2. The van der Waals surface area contributed by atoms with Crippen LogP contribution in [0.1, 0.15) is 13.8 Å². The van der Waals surface area contributed by atoms with Gasteiger partial charge in [-0.15, -0.1) is 0 Å². The van der Waals surface area contributed by atoms with Crippen LogP contribution < -0.4 is 0 Å². The summed E-state index contributed by atoms with van der Waals surface area (Å²) in [5.74, 6) is 0. The molecule has 0 saturated carbocycles. The summed E-state index contributed by atoms with van der Waals surface area (Å²) in [7, 11) is 0. The van der Waals surface area contributed by atoms with Crippen LogP contribution in [0.3, 0.4) is 0 Å². The number of rotatable bonds is 0. The van der Waals surface area contributed by atoms with Gasteiger partial charge in [-0.3, -0.25) is 0 Å². The van der Waals surface area contributed by atoms with Crippen molar-refractivity contribution in [1.82, 2.24) is 0 Å². The summed E-state index contributed by atoms with van der Waals surface area (Å²) in [6, 6.07) is 22.8. The summed E-state index contributed by atoms with van der Waals surface area (Å²) >= 11 is 0. The van der Waals surface area contributed by atoms with E-state index in [1.165, 1.54) is 16.2 Å². The molecule has 0 aliphatic carbocycles. The minimum absolute atomic E-state index is 1.13. The Morgan fingerprint density at radius 2 is 1.50 bits per heavy atom. The Hall–Kier alpha value is -2.00. The fourth-order valence-corrected chi connectivity index (χ4v) is 1.75. The summed E-state index contributed by atoms with van der Waals surface area (Å²) in [6.45, 7) is 4.00. The highest BCUT2D eigenvalue weighted by molar-refractivity contribution is 5.97. The minimum Gasteiger partial charge on any atom is -0.0696 e. The van der Waals surface area contributed by atoms with Gasteiger partial charge in [-0.2, -0.15) is 0 Å². The molecule has 3 rings (SSSR count). The molecule has 3 aromatic rings. The summed E-state index contributed by atoms with van der Waals surface area (Å²) in [5, 5.41) is 4.89. The van der Waals surface area contributed by atoms with Crippen molar-refractivity contribution in [2.75, 3.05) is 0 Å². The van der Waals surface area contributed by atoms with Crippen molar-refractivity contribution in [3.63, 3.8) is 0 Å². The molecule has 0 unspecified atom stereocenters. The molecule has 0 fully saturated rings. The molecule has 0 heteroatoms. The van der Waals surface area contributed by atoms with Crippen molar-refractivity contribution in [2.24, 2.45) is 0 Å². The fourth-order valence-electron chi connectivity index (χ4n) is 1.75. The molecular formula is C16H14. The van der Waals surface area contributed by atoms with Crippen LogP contribution in [0.5, 0.6) is 0 Å². The molecule has 0 heterocycles. The Morgan fingerprint density at radius 1 is 0.812 bits per heavy atom. The Bertz CT molecular complexity index is 489. The third-order valence-electron chi connectivity index (χ3n) is 2.47. The van der Waals surface area contributed by atoms with Crippen molar-refractivity contribution in [3.05, 3.63) is 60.7 Å². The number of hydrogen-bond donors (Lipinski definition) is 0. The summed E-state index contributed by atoms with van der Waals surface area (Å²) in [4.78, 5) is 0. The van der Waals surface area contributed by atoms with Gasteiger partial charge in [0.15, 0.2) is 0 Å². The molecule has 0 aliphatic rings. The highest BCUT2D eigenvalue weighted by atomic mass is 14.0. The van der Waals surface area contributed by atoms with Gasteiger partial charge in [0, 0.05) is 5.39 Å². The van der Waals surface area contributed by atoms with Crippen LogP contribution in [0.2, 0.25) is 0 Å². The van der Waals surface area contributed by atoms with Gasteiger partial charge in [0.2, 0.25) is 0 Å². The Kier molecular flexibility index (Phi) is 3.08. The van der Waals surface area contributed by atoms with Crippen LogP contribution in [0.4, 0.5) is 0 Å². The van der Waals surface area contributed by atoms with Gasteiger partial charge >= 0.3 is 0 Å². The predicted molar refractivity (Wildman–Crippen MR) is 70.5 cm³/mol. The third kappa shape index (κ3) is 1.85. The van der Waals surface area contributed by atoms with Crippen LogP contribution in [-0.4, -0.2) is 0 Å². The molecule has 0 saturated heterocycles. The first-order valence-electron chi connectivity index (χ1n) is 5.64. The topological polar surface area (TPSA) is 0 Å². The van der Waals surface area contributed by atoms with E-state index in [0.29, 0.717) is 0 Å². The lowest BCUT2D eigenvalue weighted by atomic mass is 10.1. The second-order valence-electron chi connectivity index (χ2n) is 3.39. The Labute approximate surface area is 96.5 Å². The lowest BCUT2D eigenvalue weighted by Crippen LogP contribution is -1.73. The van der Waals surface area contributed by atoms with Crippen molar-refractivity contribution in [3.8, 4) is 0 Å². The van der Waals surface area contributed by atoms with Gasteiger partial charge in [-0.05, 0) is 40.4 Å². The molecule has 3 aromatic carbocycles. The zero-order chi connectivity index (χ0) is 11.4. The van der Waals surface area contributed by atoms with Crippen LogP contribution in [0, 0.1) is 12.1 Å². The molecule has 0 N–H and O–H groups in total. The van der Waals surface area contributed by atoms with E-state index in [1.54, 1.807) is 0 Å². The molecule has 78 valence electrons. The van der Waals surface area contributed by atoms with E-state index < -0.39 is 0 Å². The van der Waals surface area contributed by atoms with E-state index in [9.17, 15) is 0 Å². The average Bonchev–Trinajstić information content (AvgIpc) is 2.38. The van der Waals surface area contributed by atoms with Gasteiger partial charge in [-0.1, -0.05) is 50.2 Å². The first kappa shape index (κ1) is 10.5. The zero-order valence-corrected chi connectivity index (χ0v) is 9.62. The van der Waals surface area contributed by atoms with Gasteiger partial charge in [0.1, 0.15) is 0 Å². The highest BCUT2D eigenvalue weighted by Crippen LogP contribution is 2.20. The van der Waals surface area contributed by atoms with Crippen molar-refractivity contribution < 1.29 is 0 Å². The third-order valence-corrected chi connectivity index (χ3v) is 2.47. The zero-order valence-electron chi connectivity index (χ0n) is 9.62.